The van der Waals surface area contributed by atoms with E-state index in [4.69, 9.17) is 0 Å². The molecule has 7 heteroatoms. The predicted octanol–water partition coefficient (Wildman–Crippen LogP) is 0.533. The zero-order valence-electron chi connectivity index (χ0n) is 11.1. The van der Waals surface area contributed by atoms with Crippen LogP contribution in [0.4, 0.5) is 5.69 Å². The van der Waals surface area contributed by atoms with Crippen molar-refractivity contribution < 1.29 is 13.2 Å². The van der Waals surface area contributed by atoms with E-state index in [9.17, 15) is 13.2 Å². The van der Waals surface area contributed by atoms with Crippen LogP contribution in [0.2, 0.25) is 0 Å². The summed E-state index contributed by atoms with van der Waals surface area (Å²) in [6.07, 6.45) is 0.293. The van der Waals surface area contributed by atoms with Gasteiger partial charge in [-0.15, -0.1) is 0 Å². The Kier molecular flexibility index (Phi) is 5.94. The maximum atomic E-state index is 11.8. The Morgan fingerprint density at radius 2 is 1.95 bits per heavy atom. The highest BCUT2D eigenvalue weighted by molar-refractivity contribution is 7.89. The quantitative estimate of drug-likeness (QED) is 0.638. The SMILES string of the molecule is CCNCCC(=O)Nc1ccccc1S(=O)(=O)NC. The zero-order valence-corrected chi connectivity index (χ0v) is 11.9. The highest BCUT2D eigenvalue weighted by Gasteiger charge is 2.17. The molecule has 0 atom stereocenters. The number of benzene rings is 1. The minimum Gasteiger partial charge on any atom is -0.325 e. The van der Waals surface area contributed by atoms with Gasteiger partial charge in [0.15, 0.2) is 0 Å². The van der Waals surface area contributed by atoms with E-state index < -0.39 is 10.0 Å². The number of carbonyl (C=O) groups is 1. The third kappa shape index (κ3) is 4.62. The second-order valence-corrected chi connectivity index (χ2v) is 5.71. The fourth-order valence-electron chi connectivity index (χ4n) is 1.51. The lowest BCUT2D eigenvalue weighted by Crippen LogP contribution is -2.24. The van der Waals surface area contributed by atoms with Crippen molar-refractivity contribution in [1.82, 2.24) is 10.0 Å². The summed E-state index contributed by atoms with van der Waals surface area (Å²) in [7, 11) is -2.25. The van der Waals surface area contributed by atoms with Crippen molar-refractivity contribution in [2.45, 2.75) is 18.2 Å². The molecule has 0 radical (unpaired) electrons. The monoisotopic (exact) mass is 285 g/mol. The van der Waals surface area contributed by atoms with Crippen LogP contribution in [-0.2, 0) is 14.8 Å². The van der Waals surface area contributed by atoms with Gasteiger partial charge in [0, 0.05) is 13.0 Å². The Hall–Kier alpha value is -1.44. The molecule has 0 saturated carbocycles. The first kappa shape index (κ1) is 15.6. The molecule has 1 amide bonds. The average molecular weight is 285 g/mol. The van der Waals surface area contributed by atoms with E-state index in [2.05, 4.69) is 15.4 Å². The van der Waals surface area contributed by atoms with Gasteiger partial charge in [-0.2, -0.15) is 0 Å². The van der Waals surface area contributed by atoms with E-state index in [0.29, 0.717) is 18.7 Å². The molecule has 1 aromatic rings. The molecular weight excluding hydrogens is 266 g/mol. The molecule has 0 unspecified atom stereocenters. The fourth-order valence-corrected chi connectivity index (χ4v) is 2.39. The topological polar surface area (TPSA) is 87.3 Å². The van der Waals surface area contributed by atoms with Gasteiger partial charge in [0.05, 0.1) is 5.69 Å². The van der Waals surface area contributed by atoms with Crippen LogP contribution in [0.1, 0.15) is 13.3 Å². The summed E-state index contributed by atoms with van der Waals surface area (Å²) in [5.74, 6) is -0.222. The number of para-hydroxylation sites is 1. The Balaban J connectivity index is 2.82. The summed E-state index contributed by atoms with van der Waals surface area (Å²) in [4.78, 5) is 11.8. The van der Waals surface area contributed by atoms with Gasteiger partial charge in [-0.1, -0.05) is 19.1 Å². The van der Waals surface area contributed by atoms with E-state index in [1.165, 1.54) is 13.1 Å². The van der Waals surface area contributed by atoms with Gasteiger partial charge in [-0.25, -0.2) is 13.1 Å². The van der Waals surface area contributed by atoms with Gasteiger partial charge in [-0.05, 0) is 25.7 Å². The lowest BCUT2D eigenvalue weighted by molar-refractivity contribution is -0.116. The molecule has 1 aromatic carbocycles. The molecule has 0 spiro atoms. The number of sulfonamides is 1. The molecule has 106 valence electrons. The van der Waals surface area contributed by atoms with Crippen LogP contribution in [0.25, 0.3) is 0 Å². The number of hydrogen-bond acceptors (Lipinski definition) is 4. The third-order valence-electron chi connectivity index (χ3n) is 2.50. The highest BCUT2D eigenvalue weighted by Crippen LogP contribution is 2.20. The van der Waals surface area contributed by atoms with Crippen LogP contribution in [0.5, 0.6) is 0 Å². The number of carbonyl (C=O) groups excluding carboxylic acids is 1. The van der Waals surface area contributed by atoms with Crippen LogP contribution >= 0.6 is 0 Å². The van der Waals surface area contributed by atoms with Crippen molar-refractivity contribution in [2.24, 2.45) is 0 Å². The first-order valence-electron chi connectivity index (χ1n) is 6.04. The summed E-state index contributed by atoms with van der Waals surface area (Å²) in [5, 5.41) is 5.64. The Labute approximate surface area is 113 Å². The van der Waals surface area contributed by atoms with E-state index >= 15 is 0 Å². The predicted molar refractivity (Wildman–Crippen MR) is 74.5 cm³/mol. The molecule has 0 aliphatic rings. The normalized spacial score (nSPS) is 11.3. The lowest BCUT2D eigenvalue weighted by Gasteiger charge is -2.11. The summed E-state index contributed by atoms with van der Waals surface area (Å²) in [6, 6.07) is 6.30. The summed E-state index contributed by atoms with van der Waals surface area (Å²) >= 11 is 0. The number of rotatable bonds is 7. The Morgan fingerprint density at radius 3 is 2.58 bits per heavy atom. The number of hydrogen-bond donors (Lipinski definition) is 3. The number of anilines is 1. The largest absolute Gasteiger partial charge is 0.325 e. The van der Waals surface area contributed by atoms with E-state index in [1.807, 2.05) is 6.92 Å². The third-order valence-corrected chi connectivity index (χ3v) is 3.97. The van der Waals surface area contributed by atoms with Gasteiger partial charge in [0.1, 0.15) is 4.90 Å². The van der Waals surface area contributed by atoms with E-state index in [0.717, 1.165) is 6.54 Å². The highest BCUT2D eigenvalue weighted by atomic mass is 32.2. The van der Waals surface area contributed by atoms with Gasteiger partial charge in [-0.3, -0.25) is 4.79 Å². The van der Waals surface area contributed by atoms with Gasteiger partial charge in [0.25, 0.3) is 0 Å². The van der Waals surface area contributed by atoms with Crippen LogP contribution in [0.15, 0.2) is 29.2 Å². The molecule has 0 fully saturated rings. The molecule has 6 nitrogen and oxygen atoms in total. The molecule has 3 N–H and O–H groups in total. The van der Waals surface area contributed by atoms with Gasteiger partial charge >= 0.3 is 0 Å². The maximum absolute atomic E-state index is 11.8. The standard InChI is InChI=1S/C12H19N3O3S/c1-3-14-9-8-12(16)15-10-6-4-5-7-11(10)19(17,18)13-2/h4-7,13-14H,3,8-9H2,1-2H3,(H,15,16). The first-order valence-corrected chi connectivity index (χ1v) is 7.52. The molecule has 0 bridgehead atoms. The van der Waals surface area contributed by atoms with Crippen LogP contribution < -0.4 is 15.4 Å². The second-order valence-electron chi connectivity index (χ2n) is 3.86. The van der Waals surface area contributed by atoms with Crippen LogP contribution in [0.3, 0.4) is 0 Å². The molecule has 0 heterocycles. The van der Waals surface area contributed by atoms with Gasteiger partial charge < -0.3 is 10.6 Å². The maximum Gasteiger partial charge on any atom is 0.242 e. The molecule has 0 saturated heterocycles. The molecule has 1 rings (SSSR count). The molecule has 0 aliphatic carbocycles. The molecule has 19 heavy (non-hydrogen) atoms. The van der Waals surface area contributed by atoms with E-state index in [1.54, 1.807) is 18.2 Å². The van der Waals surface area contributed by atoms with Crippen LogP contribution in [-0.4, -0.2) is 34.5 Å². The minimum atomic E-state index is -3.58. The van der Waals surface area contributed by atoms with Crippen molar-refractivity contribution in [3.05, 3.63) is 24.3 Å². The second kappa shape index (κ2) is 7.22. The first-order chi connectivity index (χ1) is 9.01. The van der Waals surface area contributed by atoms with Crippen molar-refractivity contribution in [2.75, 3.05) is 25.5 Å². The zero-order chi connectivity index (χ0) is 14.3. The smallest absolute Gasteiger partial charge is 0.242 e. The number of nitrogens with one attached hydrogen (secondary N) is 3. The van der Waals surface area contributed by atoms with Crippen molar-refractivity contribution in [1.29, 1.82) is 0 Å². The van der Waals surface area contributed by atoms with Crippen molar-refractivity contribution >= 4 is 21.6 Å². The van der Waals surface area contributed by atoms with E-state index in [-0.39, 0.29) is 10.8 Å². The molecule has 0 aliphatic heterocycles. The average Bonchev–Trinajstić information content (AvgIpc) is 2.39. The Bertz CT molecular complexity index is 529. The van der Waals surface area contributed by atoms with Crippen molar-refractivity contribution in [3.8, 4) is 0 Å². The van der Waals surface area contributed by atoms with Crippen molar-refractivity contribution in [3.63, 3.8) is 0 Å². The molecule has 0 aromatic heterocycles. The van der Waals surface area contributed by atoms with Crippen LogP contribution in [0, 0.1) is 0 Å². The molecular formula is C12H19N3O3S. The number of amides is 1. The summed E-state index contributed by atoms with van der Waals surface area (Å²) in [5.41, 5.74) is 0.290. The Morgan fingerprint density at radius 1 is 1.26 bits per heavy atom. The fraction of sp³-hybridized carbons (Fsp3) is 0.417. The minimum absolute atomic E-state index is 0.0642. The lowest BCUT2D eigenvalue weighted by atomic mass is 10.3. The summed E-state index contributed by atoms with van der Waals surface area (Å²) in [6.45, 7) is 3.30. The summed E-state index contributed by atoms with van der Waals surface area (Å²) < 4.78 is 25.8. The van der Waals surface area contributed by atoms with Gasteiger partial charge in [0.2, 0.25) is 15.9 Å².